The average Bonchev–Trinajstić information content (AvgIpc) is 2.37. The topological polar surface area (TPSA) is 85.3 Å². The molecule has 5 heteroatoms. The fraction of sp³-hybridized carbons (Fsp3) is 0.400. The molecule has 0 saturated heterocycles. The maximum atomic E-state index is 11.6. The summed E-state index contributed by atoms with van der Waals surface area (Å²) in [4.78, 5) is 22.1. The standard InChI is InChI=1S/C10H14N2O3/c1-5-6(2)15-7(3)9(5)10(14)12-4-8(11)13/h4H2,1-3H3,(H2,11,13)(H,12,14). The van der Waals surface area contributed by atoms with Crippen LogP contribution in [0.2, 0.25) is 0 Å². The van der Waals surface area contributed by atoms with Gasteiger partial charge in [-0.1, -0.05) is 0 Å². The molecule has 1 aromatic heterocycles. The minimum Gasteiger partial charge on any atom is -0.466 e. The lowest BCUT2D eigenvalue weighted by molar-refractivity contribution is -0.117. The van der Waals surface area contributed by atoms with Crippen LogP contribution in [0.5, 0.6) is 0 Å². The van der Waals surface area contributed by atoms with E-state index in [1.54, 1.807) is 20.8 Å². The zero-order valence-corrected chi connectivity index (χ0v) is 9.01. The monoisotopic (exact) mass is 210 g/mol. The van der Waals surface area contributed by atoms with E-state index in [4.69, 9.17) is 10.2 Å². The first-order valence-electron chi connectivity index (χ1n) is 4.56. The Kier molecular flexibility index (Phi) is 3.14. The molecule has 1 rings (SSSR count). The minimum atomic E-state index is -0.570. The molecule has 0 radical (unpaired) electrons. The van der Waals surface area contributed by atoms with Gasteiger partial charge in [0.15, 0.2) is 0 Å². The number of aryl methyl sites for hydroxylation is 2. The van der Waals surface area contributed by atoms with Crippen LogP contribution in [0.25, 0.3) is 0 Å². The third-order valence-corrected chi connectivity index (χ3v) is 2.21. The quantitative estimate of drug-likeness (QED) is 0.758. The van der Waals surface area contributed by atoms with Crippen LogP contribution in [-0.4, -0.2) is 18.4 Å². The Morgan fingerprint density at radius 1 is 1.27 bits per heavy atom. The maximum Gasteiger partial charge on any atom is 0.255 e. The van der Waals surface area contributed by atoms with Gasteiger partial charge in [0.25, 0.3) is 5.91 Å². The van der Waals surface area contributed by atoms with Gasteiger partial charge in [-0.3, -0.25) is 9.59 Å². The number of nitrogens with two attached hydrogens (primary N) is 1. The van der Waals surface area contributed by atoms with Gasteiger partial charge in [-0.05, 0) is 20.8 Å². The number of primary amides is 1. The minimum absolute atomic E-state index is 0.165. The van der Waals surface area contributed by atoms with E-state index in [9.17, 15) is 9.59 Å². The number of rotatable bonds is 3. The lowest BCUT2D eigenvalue weighted by Crippen LogP contribution is -2.33. The molecule has 0 aliphatic rings. The summed E-state index contributed by atoms with van der Waals surface area (Å²) in [6.45, 7) is 5.12. The molecule has 0 saturated carbocycles. The Hall–Kier alpha value is -1.78. The summed E-state index contributed by atoms with van der Waals surface area (Å²) in [5.74, 6) is 0.350. The van der Waals surface area contributed by atoms with Crippen molar-refractivity contribution in [1.29, 1.82) is 0 Å². The number of amides is 2. The van der Waals surface area contributed by atoms with Gasteiger partial charge in [-0.15, -0.1) is 0 Å². The summed E-state index contributed by atoms with van der Waals surface area (Å²) in [5.41, 5.74) is 6.19. The third kappa shape index (κ3) is 2.37. The predicted molar refractivity (Wildman–Crippen MR) is 54.4 cm³/mol. The molecule has 1 heterocycles. The van der Waals surface area contributed by atoms with Gasteiger partial charge >= 0.3 is 0 Å². The predicted octanol–water partition coefficient (Wildman–Crippen LogP) is 0.420. The Morgan fingerprint density at radius 2 is 1.87 bits per heavy atom. The number of hydrogen-bond donors (Lipinski definition) is 2. The summed E-state index contributed by atoms with van der Waals surface area (Å²) >= 11 is 0. The van der Waals surface area contributed by atoms with Gasteiger partial charge in [-0.25, -0.2) is 0 Å². The van der Waals surface area contributed by atoms with Crippen molar-refractivity contribution in [2.75, 3.05) is 6.54 Å². The van der Waals surface area contributed by atoms with Crippen LogP contribution in [-0.2, 0) is 4.79 Å². The van der Waals surface area contributed by atoms with E-state index in [0.717, 1.165) is 5.56 Å². The number of nitrogens with one attached hydrogen (secondary N) is 1. The molecule has 15 heavy (non-hydrogen) atoms. The second kappa shape index (κ2) is 4.16. The Labute approximate surface area is 87.6 Å². The highest BCUT2D eigenvalue weighted by Gasteiger charge is 2.18. The SMILES string of the molecule is Cc1oc(C)c(C(=O)NCC(N)=O)c1C. The molecule has 82 valence electrons. The highest BCUT2D eigenvalue weighted by molar-refractivity contribution is 5.98. The zero-order valence-electron chi connectivity index (χ0n) is 9.01. The summed E-state index contributed by atoms with van der Waals surface area (Å²) in [7, 11) is 0. The Morgan fingerprint density at radius 3 is 2.27 bits per heavy atom. The van der Waals surface area contributed by atoms with Crippen LogP contribution >= 0.6 is 0 Å². The molecule has 3 N–H and O–H groups in total. The van der Waals surface area contributed by atoms with Crippen LogP contribution in [0.15, 0.2) is 4.42 Å². The van der Waals surface area contributed by atoms with Crippen LogP contribution < -0.4 is 11.1 Å². The van der Waals surface area contributed by atoms with Crippen LogP contribution in [0, 0.1) is 20.8 Å². The largest absolute Gasteiger partial charge is 0.466 e. The molecular formula is C10H14N2O3. The van der Waals surface area contributed by atoms with E-state index in [1.165, 1.54) is 0 Å². The van der Waals surface area contributed by atoms with E-state index in [2.05, 4.69) is 5.32 Å². The van der Waals surface area contributed by atoms with E-state index < -0.39 is 5.91 Å². The fourth-order valence-corrected chi connectivity index (χ4v) is 1.38. The molecule has 0 unspecified atom stereocenters. The number of carbonyl (C=O) groups excluding carboxylic acids is 2. The van der Waals surface area contributed by atoms with Crippen molar-refractivity contribution in [2.24, 2.45) is 5.73 Å². The molecule has 0 aliphatic carbocycles. The number of carbonyl (C=O) groups is 2. The second-order valence-corrected chi connectivity index (χ2v) is 3.36. The van der Waals surface area contributed by atoms with Crippen LogP contribution in [0.1, 0.15) is 27.4 Å². The van der Waals surface area contributed by atoms with Crippen molar-refractivity contribution in [3.05, 3.63) is 22.6 Å². The van der Waals surface area contributed by atoms with Crippen LogP contribution in [0.4, 0.5) is 0 Å². The molecular weight excluding hydrogens is 196 g/mol. The molecule has 0 fully saturated rings. The zero-order chi connectivity index (χ0) is 11.6. The molecule has 0 bridgehead atoms. The van der Waals surface area contributed by atoms with Crippen molar-refractivity contribution in [3.8, 4) is 0 Å². The summed E-state index contributed by atoms with van der Waals surface area (Å²) in [6, 6.07) is 0. The Balaban J connectivity index is 2.86. The van der Waals surface area contributed by atoms with Gasteiger partial charge in [0.1, 0.15) is 11.5 Å². The molecule has 0 spiro atoms. The highest BCUT2D eigenvalue weighted by Crippen LogP contribution is 2.20. The van der Waals surface area contributed by atoms with Gasteiger partial charge in [0.05, 0.1) is 12.1 Å². The van der Waals surface area contributed by atoms with E-state index in [0.29, 0.717) is 17.1 Å². The normalized spacial score (nSPS) is 10.1. The summed E-state index contributed by atoms with van der Waals surface area (Å²) in [5, 5.41) is 2.42. The lowest BCUT2D eigenvalue weighted by atomic mass is 10.1. The van der Waals surface area contributed by atoms with E-state index in [-0.39, 0.29) is 12.5 Å². The summed E-state index contributed by atoms with van der Waals surface area (Å²) in [6.07, 6.45) is 0. The van der Waals surface area contributed by atoms with Crippen molar-refractivity contribution >= 4 is 11.8 Å². The molecule has 0 atom stereocenters. The Bertz CT molecular complexity index is 407. The summed E-state index contributed by atoms with van der Waals surface area (Å²) < 4.78 is 5.30. The smallest absolute Gasteiger partial charge is 0.255 e. The molecule has 0 aromatic carbocycles. The van der Waals surface area contributed by atoms with Crippen LogP contribution in [0.3, 0.4) is 0 Å². The number of furan rings is 1. The average molecular weight is 210 g/mol. The maximum absolute atomic E-state index is 11.6. The van der Waals surface area contributed by atoms with Gasteiger partial charge < -0.3 is 15.5 Å². The lowest BCUT2D eigenvalue weighted by Gasteiger charge is -2.02. The van der Waals surface area contributed by atoms with E-state index in [1.807, 2.05) is 0 Å². The highest BCUT2D eigenvalue weighted by atomic mass is 16.3. The molecule has 2 amide bonds. The molecule has 0 aliphatic heterocycles. The third-order valence-electron chi connectivity index (χ3n) is 2.21. The van der Waals surface area contributed by atoms with Crippen molar-refractivity contribution in [3.63, 3.8) is 0 Å². The first kappa shape index (κ1) is 11.3. The second-order valence-electron chi connectivity index (χ2n) is 3.36. The van der Waals surface area contributed by atoms with E-state index >= 15 is 0 Å². The van der Waals surface area contributed by atoms with Crippen molar-refractivity contribution in [1.82, 2.24) is 5.32 Å². The first-order valence-corrected chi connectivity index (χ1v) is 4.56. The van der Waals surface area contributed by atoms with Gasteiger partial charge in [0, 0.05) is 5.56 Å². The van der Waals surface area contributed by atoms with Gasteiger partial charge in [0.2, 0.25) is 5.91 Å². The molecule has 5 nitrogen and oxygen atoms in total. The number of hydrogen-bond acceptors (Lipinski definition) is 3. The van der Waals surface area contributed by atoms with Crippen molar-refractivity contribution < 1.29 is 14.0 Å². The van der Waals surface area contributed by atoms with Gasteiger partial charge in [-0.2, -0.15) is 0 Å². The first-order chi connectivity index (χ1) is 6.93. The molecule has 1 aromatic rings. The fourth-order valence-electron chi connectivity index (χ4n) is 1.38. The van der Waals surface area contributed by atoms with Crippen molar-refractivity contribution in [2.45, 2.75) is 20.8 Å².